The van der Waals surface area contributed by atoms with Gasteiger partial charge in [-0.15, -0.1) is 0 Å². The molecule has 0 radical (unpaired) electrons. The van der Waals surface area contributed by atoms with Crippen LogP contribution >= 0.6 is 0 Å². The van der Waals surface area contributed by atoms with Crippen LogP contribution in [0.15, 0.2) is 67.0 Å². The van der Waals surface area contributed by atoms with Crippen molar-refractivity contribution in [3.8, 4) is 0 Å². The molecule has 0 fully saturated rings. The van der Waals surface area contributed by atoms with Gasteiger partial charge in [0, 0.05) is 17.9 Å². The van der Waals surface area contributed by atoms with Crippen LogP contribution in [0.5, 0.6) is 0 Å². The summed E-state index contributed by atoms with van der Waals surface area (Å²) in [4.78, 5) is 0. The van der Waals surface area contributed by atoms with Crippen molar-refractivity contribution in [2.75, 3.05) is 0 Å². The minimum absolute atomic E-state index is 1.02. The minimum atomic E-state index is -6.09. The fourth-order valence-electron chi connectivity index (χ4n) is 2.40. The van der Waals surface area contributed by atoms with Crippen LogP contribution in [0.3, 0.4) is 0 Å². The Morgan fingerprint density at radius 1 is 1.00 bits per heavy atom. The molecule has 0 unspecified atom stereocenters. The summed E-state index contributed by atoms with van der Waals surface area (Å²) < 4.78 is 61.2. The molecule has 0 aliphatic carbocycles. The number of aromatic nitrogens is 1. The zero-order chi connectivity index (χ0) is 20.1. The highest BCUT2D eigenvalue weighted by Gasteiger charge is 2.36. The molecular formula is C19H18F3NO3S. The van der Waals surface area contributed by atoms with Gasteiger partial charge in [0.25, 0.3) is 0 Å². The fourth-order valence-corrected chi connectivity index (χ4v) is 2.40. The maximum atomic E-state index is 10.7. The van der Waals surface area contributed by atoms with Crippen molar-refractivity contribution in [1.82, 2.24) is 0 Å². The Kier molecular flexibility index (Phi) is 6.56. The Balaban J connectivity index is 0.000000279. The highest BCUT2D eigenvalue weighted by atomic mass is 32.2. The summed E-state index contributed by atoms with van der Waals surface area (Å²) in [6.45, 7) is 3.16. The van der Waals surface area contributed by atoms with Crippen LogP contribution in [0.4, 0.5) is 13.2 Å². The lowest BCUT2D eigenvalue weighted by molar-refractivity contribution is -0.695. The van der Waals surface area contributed by atoms with Gasteiger partial charge in [-0.1, -0.05) is 48.0 Å². The number of hydrogen-bond donors (Lipinski definition) is 0. The third-order valence-electron chi connectivity index (χ3n) is 3.78. The predicted molar refractivity (Wildman–Crippen MR) is 94.8 cm³/mol. The Hall–Kier alpha value is -2.45. The van der Waals surface area contributed by atoms with Gasteiger partial charge < -0.3 is 4.55 Å². The molecule has 0 amide bonds. The van der Waals surface area contributed by atoms with E-state index in [1.807, 2.05) is 0 Å². The molecule has 2 aromatic carbocycles. The summed E-state index contributed by atoms with van der Waals surface area (Å²) in [5, 5.41) is 2.62. The molecule has 4 nitrogen and oxygen atoms in total. The second-order valence-electron chi connectivity index (χ2n) is 5.95. The summed E-state index contributed by atoms with van der Waals surface area (Å²) in [6.07, 6.45) is 5.48. The summed E-state index contributed by atoms with van der Waals surface area (Å²) in [5.74, 6) is 0. The molecule has 0 aliphatic rings. The van der Waals surface area contributed by atoms with Gasteiger partial charge in [-0.05, 0) is 23.9 Å². The molecule has 0 N–H and O–H groups in total. The largest absolute Gasteiger partial charge is 0.741 e. The summed E-state index contributed by atoms with van der Waals surface area (Å²) in [7, 11) is -6.09. The molecule has 27 heavy (non-hydrogen) atoms. The third-order valence-corrected chi connectivity index (χ3v) is 4.34. The summed E-state index contributed by atoms with van der Waals surface area (Å²) >= 11 is 0. The maximum absolute atomic E-state index is 10.7. The van der Waals surface area contributed by atoms with Crippen molar-refractivity contribution in [3.63, 3.8) is 0 Å². The predicted octanol–water partition coefficient (Wildman–Crippen LogP) is 3.73. The molecule has 1 aromatic heterocycles. The van der Waals surface area contributed by atoms with Crippen molar-refractivity contribution < 1.29 is 30.7 Å². The number of hydrogen-bond acceptors (Lipinski definition) is 3. The van der Waals surface area contributed by atoms with Gasteiger partial charge in [-0.25, -0.2) is 13.0 Å². The van der Waals surface area contributed by atoms with Gasteiger partial charge in [0.05, 0.1) is 0 Å². The van der Waals surface area contributed by atoms with Crippen molar-refractivity contribution in [1.29, 1.82) is 0 Å². The molecule has 0 saturated heterocycles. The number of nitrogens with zero attached hydrogens (tertiary/aromatic N) is 1. The summed E-state index contributed by atoms with van der Waals surface area (Å²) in [6, 6.07) is 19.4. The molecule has 0 aliphatic heterocycles. The van der Waals surface area contributed by atoms with Crippen LogP contribution < -0.4 is 4.57 Å². The van der Waals surface area contributed by atoms with Crippen LogP contribution in [-0.4, -0.2) is 18.5 Å². The first-order valence-corrected chi connectivity index (χ1v) is 9.42. The molecule has 1 heterocycles. The molecule has 3 aromatic rings. The standard InChI is InChI=1S/C18H18N.CHF3O3S/c1-15-7-8-18-14-19(12-10-17(18)13-15)11-9-16-5-3-2-4-6-16;2-1(3,4)8(5,6)7/h2-8,10,12-14H,9,11H2,1H3;(H,5,6,7)/q+1;/p-1. The first-order valence-electron chi connectivity index (χ1n) is 8.02. The van der Waals surface area contributed by atoms with Gasteiger partial charge in [0.15, 0.2) is 29.1 Å². The highest BCUT2D eigenvalue weighted by Crippen LogP contribution is 2.20. The van der Waals surface area contributed by atoms with Crippen molar-refractivity contribution in [2.45, 2.75) is 25.4 Å². The van der Waals surface area contributed by atoms with E-state index in [9.17, 15) is 13.2 Å². The summed E-state index contributed by atoms with van der Waals surface area (Å²) in [5.41, 5.74) is -2.94. The maximum Gasteiger partial charge on any atom is 0.485 e. The zero-order valence-corrected chi connectivity index (χ0v) is 15.3. The lowest BCUT2D eigenvalue weighted by Gasteiger charge is -2.08. The van der Waals surface area contributed by atoms with Crippen LogP contribution in [0.2, 0.25) is 0 Å². The van der Waals surface area contributed by atoms with Crippen LogP contribution in [-0.2, 0) is 23.1 Å². The van der Waals surface area contributed by atoms with Crippen LogP contribution in [0.25, 0.3) is 10.8 Å². The monoisotopic (exact) mass is 397 g/mol. The lowest BCUT2D eigenvalue weighted by atomic mass is 10.1. The Morgan fingerprint density at radius 2 is 1.63 bits per heavy atom. The average molecular weight is 397 g/mol. The first-order chi connectivity index (χ1) is 12.6. The quantitative estimate of drug-likeness (QED) is 0.384. The van der Waals surface area contributed by atoms with Gasteiger partial charge >= 0.3 is 5.51 Å². The van der Waals surface area contributed by atoms with E-state index in [0.29, 0.717) is 0 Å². The van der Waals surface area contributed by atoms with Gasteiger partial charge in [-0.3, -0.25) is 0 Å². The number of halogens is 3. The number of fused-ring (bicyclic) bond motifs is 1. The van der Waals surface area contributed by atoms with E-state index in [0.717, 1.165) is 13.0 Å². The first kappa shape index (κ1) is 20.9. The van der Waals surface area contributed by atoms with Gasteiger partial charge in [0.1, 0.15) is 0 Å². The molecule has 0 saturated carbocycles. The van der Waals surface area contributed by atoms with E-state index in [2.05, 4.69) is 78.5 Å². The smallest absolute Gasteiger partial charge is 0.485 e. The minimum Gasteiger partial charge on any atom is -0.741 e. The number of aryl methyl sites for hydroxylation is 3. The average Bonchev–Trinajstić information content (AvgIpc) is 2.59. The van der Waals surface area contributed by atoms with E-state index in [1.165, 1.54) is 21.9 Å². The van der Waals surface area contributed by atoms with Crippen LogP contribution in [0.1, 0.15) is 11.1 Å². The lowest BCUT2D eigenvalue weighted by Crippen LogP contribution is -2.33. The molecule has 8 heteroatoms. The van der Waals surface area contributed by atoms with Crippen LogP contribution in [0, 0.1) is 6.92 Å². The number of pyridine rings is 1. The highest BCUT2D eigenvalue weighted by molar-refractivity contribution is 7.86. The number of benzene rings is 2. The van der Waals surface area contributed by atoms with E-state index < -0.39 is 15.6 Å². The molecule has 0 spiro atoms. The van der Waals surface area contributed by atoms with Crippen molar-refractivity contribution in [3.05, 3.63) is 78.1 Å². The number of alkyl halides is 3. The molecule has 0 bridgehead atoms. The normalized spacial score (nSPS) is 11.7. The van der Waals surface area contributed by atoms with Gasteiger partial charge in [0.2, 0.25) is 0 Å². The Labute approximate surface area is 155 Å². The SMILES string of the molecule is Cc1ccc2c[n+](CCc3ccccc3)ccc2c1.O=S(=O)([O-])C(F)(F)F. The van der Waals surface area contributed by atoms with E-state index >= 15 is 0 Å². The second-order valence-corrected chi connectivity index (χ2v) is 7.32. The van der Waals surface area contributed by atoms with E-state index in [4.69, 9.17) is 13.0 Å². The zero-order valence-electron chi connectivity index (χ0n) is 14.5. The molecular weight excluding hydrogens is 379 g/mol. The van der Waals surface area contributed by atoms with Gasteiger partial charge in [-0.2, -0.15) is 13.2 Å². The fraction of sp³-hybridized carbons (Fsp3) is 0.211. The van der Waals surface area contributed by atoms with Crippen molar-refractivity contribution >= 4 is 20.9 Å². The van der Waals surface area contributed by atoms with Crippen molar-refractivity contribution in [2.24, 2.45) is 0 Å². The Morgan fingerprint density at radius 3 is 2.22 bits per heavy atom. The van der Waals surface area contributed by atoms with E-state index in [1.54, 1.807) is 0 Å². The third kappa shape index (κ3) is 6.33. The topological polar surface area (TPSA) is 61.1 Å². The molecule has 3 rings (SSSR count). The number of rotatable bonds is 3. The second kappa shape index (κ2) is 8.49. The molecule has 144 valence electrons. The molecule has 0 atom stereocenters. The Bertz CT molecular complexity index is 1000. The van der Waals surface area contributed by atoms with E-state index in [-0.39, 0.29) is 0 Å².